The lowest BCUT2D eigenvalue weighted by atomic mass is 9.78. The normalized spacial score (nSPS) is 26.1. The third-order valence-electron chi connectivity index (χ3n) is 5.73. The molecule has 1 heterocycles. The van der Waals surface area contributed by atoms with Gasteiger partial charge in [-0.2, -0.15) is 0 Å². The molecule has 3 rings (SSSR count). The number of hydrogen-bond acceptors (Lipinski definition) is 3. The monoisotopic (exact) mass is 403 g/mol. The summed E-state index contributed by atoms with van der Waals surface area (Å²) < 4.78 is 60.6. The first kappa shape index (κ1) is 20.7. The molecule has 27 heavy (non-hydrogen) atoms. The summed E-state index contributed by atoms with van der Waals surface area (Å²) in [5.41, 5.74) is 0.780. The van der Waals surface area contributed by atoms with E-state index >= 15 is 0 Å². The van der Waals surface area contributed by atoms with E-state index in [1.54, 1.807) is 23.5 Å². The summed E-state index contributed by atoms with van der Waals surface area (Å²) in [4.78, 5) is 0. The Morgan fingerprint density at radius 1 is 1.30 bits per heavy atom. The summed E-state index contributed by atoms with van der Waals surface area (Å²) in [5, 5.41) is 1.69. The number of nitrogens with zero attached hydrogens (tertiary/aromatic N) is 1. The van der Waals surface area contributed by atoms with E-state index in [1.807, 2.05) is 27.7 Å². The lowest BCUT2D eigenvalue weighted by molar-refractivity contribution is -0.575. The van der Waals surface area contributed by atoms with Gasteiger partial charge in [0, 0.05) is 19.5 Å². The fourth-order valence-electron chi connectivity index (χ4n) is 3.01. The van der Waals surface area contributed by atoms with Crippen molar-refractivity contribution in [1.82, 2.24) is 0 Å². The van der Waals surface area contributed by atoms with E-state index in [0.717, 1.165) is 0 Å². The van der Waals surface area contributed by atoms with Crippen molar-refractivity contribution in [3.05, 3.63) is 18.2 Å². The zero-order valence-electron chi connectivity index (χ0n) is 16.2. The van der Waals surface area contributed by atoms with Crippen LogP contribution in [-0.4, -0.2) is 46.6 Å². The Morgan fingerprint density at radius 2 is 1.85 bits per heavy atom. The van der Waals surface area contributed by atoms with E-state index in [1.165, 1.54) is 11.4 Å². The van der Waals surface area contributed by atoms with Gasteiger partial charge in [-0.05, 0) is 39.2 Å². The maximum absolute atomic E-state index is 13.1. The molecule has 0 spiro atoms. The lowest BCUT2D eigenvalue weighted by Gasteiger charge is -2.32. The topological polar surface area (TPSA) is 75.6 Å². The fourth-order valence-corrected chi connectivity index (χ4v) is 3.34. The number of halogens is 2. The van der Waals surface area contributed by atoms with Crippen LogP contribution in [0, 0.1) is 5.92 Å². The van der Waals surface area contributed by atoms with Gasteiger partial charge in [0.2, 0.25) is 0 Å². The van der Waals surface area contributed by atoms with Crippen molar-refractivity contribution in [3.63, 3.8) is 0 Å². The van der Waals surface area contributed by atoms with Crippen LogP contribution < -0.4 is 15.1 Å². The maximum Gasteiger partial charge on any atom is 0.494 e. The Bertz CT molecular complexity index is 746. The molecule has 2 atom stereocenters. The van der Waals surface area contributed by atoms with Crippen molar-refractivity contribution < 1.29 is 32.2 Å². The molecule has 0 aromatic heterocycles. The maximum atomic E-state index is 13.1. The SMILES string of the molecule is CN(c1cc(B2OC(C)(C)C(C)(C)O2)ccc1[NH2+]CC1CC1(F)F)S(=O)O. The Kier molecular flexibility index (Phi) is 5.18. The predicted octanol–water partition coefficient (Wildman–Crippen LogP) is 1.41. The van der Waals surface area contributed by atoms with Gasteiger partial charge in [0.25, 0.3) is 17.2 Å². The third-order valence-corrected chi connectivity index (χ3v) is 6.40. The zero-order chi connectivity index (χ0) is 20.2. The molecule has 1 saturated carbocycles. The molecule has 2 aliphatic rings. The van der Waals surface area contributed by atoms with Crippen LogP contribution in [0.1, 0.15) is 34.1 Å². The lowest BCUT2D eigenvalue weighted by Crippen LogP contribution is -2.79. The zero-order valence-corrected chi connectivity index (χ0v) is 17.0. The van der Waals surface area contributed by atoms with Crippen LogP contribution in [-0.2, 0) is 20.6 Å². The van der Waals surface area contributed by atoms with Gasteiger partial charge in [-0.1, -0.05) is 6.07 Å². The number of hydrogen-bond donors (Lipinski definition) is 2. The minimum Gasteiger partial charge on any atom is -0.399 e. The van der Waals surface area contributed by atoms with Crippen LogP contribution in [0.15, 0.2) is 18.2 Å². The molecule has 1 aromatic carbocycles. The van der Waals surface area contributed by atoms with Crippen molar-refractivity contribution >= 4 is 35.2 Å². The minimum atomic E-state index is -2.59. The Balaban J connectivity index is 1.85. The first-order valence-corrected chi connectivity index (χ1v) is 9.96. The molecule has 1 saturated heterocycles. The molecule has 0 bridgehead atoms. The highest BCUT2D eigenvalue weighted by atomic mass is 32.2. The summed E-state index contributed by atoms with van der Waals surface area (Å²) in [7, 11) is 0.860. The van der Waals surface area contributed by atoms with Crippen LogP contribution in [0.3, 0.4) is 0 Å². The number of alkyl halides is 2. The first-order valence-electron chi connectivity index (χ1n) is 8.89. The molecule has 2 fully saturated rings. The van der Waals surface area contributed by atoms with E-state index in [-0.39, 0.29) is 13.0 Å². The quantitative estimate of drug-likeness (QED) is 0.428. The third kappa shape index (κ3) is 4.05. The van der Waals surface area contributed by atoms with E-state index in [9.17, 15) is 17.5 Å². The highest BCUT2D eigenvalue weighted by molar-refractivity contribution is 7.80. The highest BCUT2D eigenvalue weighted by Gasteiger charge is 2.58. The van der Waals surface area contributed by atoms with Gasteiger partial charge in [0.05, 0.1) is 23.7 Å². The minimum absolute atomic E-state index is 0.105. The van der Waals surface area contributed by atoms with Gasteiger partial charge in [-0.3, -0.25) is 8.86 Å². The van der Waals surface area contributed by atoms with Crippen LogP contribution in [0.2, 0.25) is 0 Å². The highest BCUT2D eigenvalue weighted by Crippen LogP contribution is 2.47. The van der Waals surface area contributed by atoms with Crippen molar-refractivity contribution in [3.8, 4) is 0 Å². The summed E-state index contributed by atoms with van der Waals surface area (Å²) in [6, 6.07) is 5.27. The molecular formula is C17H26BF2N2O4S+. The Hall–Kier alpha value is -1.07. The molecule has 1 aliphatic heterocycles. The summed E-state index contributed by atoms with van der Waals surface area (Å²) in [5.74, 6) is -3.25. The number of anilines is 1. The second-order valence-electron chi connectivity index (χ2n) is 8.24. The molecule has 1 aliphatic carbocycles. The van der Waals surface area contributed by atoms with Crippen LogP contribution in [0.4, 0.5) is 20.2 Å². The van der Waals surface area contributed by atoms with Crippen LogP contribution in [0.25, 0.3) is 0 Å². The van der Waals surface area contributed by atoms with E-state index in [2.05, 4.69) is 0 Å². The summed E-state index contributed by atoms with van der Waals surface area (Å²) >= 11 is -2.24. The van der Waals surface area contributed by atoms with Gasteiger partial charge in [-0.15, -0.1) is 0 Å². The summed E-state index contributed by atoms with van der Waals surface area (Å²) in [6.45, 7) is 8.00. The van der Waals surface area contributed by atoms with E-state index in [0.29, 0.717) is 16.8 Å². The molecule has 0 amide bonds. The summed E-state index contributed by atoms with van der Waals surface area (Å²) in [6.07, 6.45) is -0.105. The van der Waals surface area contributed by atoms with Gasteiger partial charge >= 0.3 is 7.12 Å². The second kappa shape index (κ2) is 6.77. The molecule has 10 heteroatoms. The standard InChI is InChI=1S/C17H25BF2N2O4S/c1-15(2)16(3,4)26-18(25-15)12-6-7-13(14(8-12)22(5)27(23)24)21-10-11-9-17(11,19)20/h6-8,11,21H,9-10H2,1-5H3,(H,23,24)/p+1. The van der Waals surface area contributed by atoms with E-state index in [4.69, 9.17) is 9.31 Å². The van der Waals surface area contributed by atoms with Gasteiger partial charge in [0.1, 0.15) is 5.69 Å². The Labute approximate surface area is 161 Å². The van der Waals surface area contributed by atoms with Crippen molar-refractivity contribution in [1.29, 1.82) is 0 Å². The Morgan fingerprint density at radius 3 is 2.33 bits per heavy atom. The van der Waals surface area contributed by atoms with Gasteiger partial charge in [-0.25, -0.2) is 13.0 Å². The van der Waals surface area contributed by atoms with E-state index < -0.39 is 41.4 Å². The average molecular weight is 403 g/mol. The van der Waals surface area contributed by atoms with Gasteiger partial charge < -0.3 is 14.6 Å². The smallest absolute Gasteiger partial charge is 0.399 e. The fraction of sp³-hybridized carbons (Fsp3) is 0.647. The van der Waals surface area contributed by atoms with Crippen LogP contribution >= 0.6 is 0 Å². The molecular weight excluding hydrogens is 377 g/mol. The predicted molar refractivity (Wildman–Crippen MR) is 101 cm³/mol. The molecule has 6 nitrogen and oxygen atoms in total. The number of quaternary nitrogens is 1. The molecule has 150 valence electrons. The van der Waals surface area contributed by atoms with Crippen molar-refractivity contribution in [2.45, 2.75) is 51.2 Å². The molecule has 0 radical (unpaired) electrons. The first-order chi connectivity index (χ1) is 12.3. The largest absolute Gasteiger partial charge is 0.494 e. The van der Waals surface area contributed by atoms with Crippen LogP contribution in [0.5, 0.6) is 0 Å². The molecule has 2 unspecified atom stereocenters. The average Bonchev–Trinajstić information content (AvgIpc) is 3.10. The molecule has 3 N–H and O–H groups in total. The molecule has 1 aromatic rings. The number of benzene rings is 1. The van der Waals surface area contributed by atoms with Crippen molar-refractivity contribution in [2.75, 3.05) is 17.9 Å². The van der Waals surface area contributed by atoms with Crippen molar-refractivity contribution in [2.24, 2.45) is 5.92 Å². The van der Waals surface area contributed by atoms with Gasteiger partial charge in [0.15, 0.2) is 5.69 Å². The second-order valence-corrected chi connectivity index (χ2v) is 9.25. The number of nitrogens with two attached hydrogens (primary N) is 1. The number of rotatable bonds is 6.